The van der Waals surface area contributed by atoms with E-state index in [2.05, 4.69) is 34.2 Å². The summed E-state index contributed by atoms with van der Waals surface area (Å²) in [6.45, 7) is 4.90. The summed E-state index contributed by atoms with van der Waals surface area (Å²) in [6, 6.07) is 15.9. The van der Waals surface area contributed by atoms with Crippen molar-refractivity contribution in [1.82, 2.24) is 5.32 Å². The standard InChI is InChI=1S/C17H20BrNO2/c1-2-19-13-14-6-3-4-9-17(14)21-11-10-20-16-8-5-7-15(18)12-16/h3-9,12,19H,2,10-11,13H2,1H3. The molecule has 0 fully saturated rings. The molecule has 0 aliphatic carbocycles. The minimum Gasteiger partial charge on any atom is -0.490 e. The molecular weight excluding hydrogens is 330 g/mol. The molecule has 4 heteroatoms. The van der Waals surface area contributed by atoms with E-state index in [-0.39, 0.29) is 0 Å². The van der Waals surface area contributed by atoms with E-state index in [1.54, 1.807) is 0 Å². The van der Waals surface area contributed by atoms with Crippen LogP contribution in [-0.4, -0.2) is 19.8 Å². The van der Waals surface area contributed by atoms with Gasteiger partial charge in [0, 0.05) is 16.6 Å². The minimum absolute atomic E-state index is 0.520. The largest absolute Gasteiger partial charge is 0.490 e. The van der Waals surface area contributed by atoms with Crippen LogP contribution in [0.3, 0.4) is 0 Å². The highest BCUT2D eigenvalue weighted by molar-refractivity contribution is 9.10. The molecule has 0 saturated carbocycles. The molecule has 0 aliphatic rings. The molecule has 112 valence electrons. The van der Waals surface area contributed by atoms with Gasteiger partial charge in [0.1, 0.15) is 24.7 Å². The summed E-state index contributed by atoms with van der Waals surface area (Å²) in [7, 11) is 0. The number of ether oxygens (including phenoxy) is 2. The number of hydrogen-bond acceptors (Lipinski definition) is 3. The molecule has 1 N–H and O–H groups in total. The van der Waals surface area contributed by atoms with Crippen molar-refractivity contribution in [1.29, 1.82) is 0 Å². The molecule has 21 heavy (non-hydrogen) atoms. The topological polar surface area (TPSA) is 30.5 Å². The van der Waals surface area contributed by atoms with E-state index >= 15 is 0 Å². The van der Waals surface area contributed by atoms with E-state index in [1.165, 1.54) is 5.56 Å². The SMILES string of the molecule is CCNCc1ccccc1OCCOc1cccc(Br)c1. The second-order valence-corrected chi connectivity index (χ2v) is 5.46. The second-order valence-electron chi connectivity index (χ2n) is 4.54. The maximum Gasteiger partial charge on any atom is 0.123 e. The number of nitrogens with one attached hydrogen (secondary N) is 1. The van der Waals surface area contributed by atoms with Crippen LogP contribution < -0.4 is 14.8 Å². The fourth-order valence-electron chi connectivity index (χ4n) is 1.92. The van der Waals surface area contributed by atoms with Crippen LogP contribution in [0.25, 0.3) is 0 Å². The Kier molecular flexibility index (Phi) is 6.57. The predicted molar refractivity (Wildman–Crippen MR) is 89.0 cm³/mol. The van der Waals surface area contributed by atoms with Gasteiger partial charge in [0.15, 0.2) is 0 Å². The Morgan fingerprint density at radius 3 is 2.62 bits per heavy atom. The summed E-state index contributed by atoms with van der Waals surface area (Å²) < 4.78 is 12.5. The first-order chi connectivity index (χ1) is 10.3. The van der Waals surface area contributed by atoms with Crippen LogP contribution in [0.4, 0.5) is 0 Å². The molecule has 2 aromatic carbocycles. The van der Waals surface area contributed by atoms with E-state index < -0.39 is 0 Å². The van der Waals surface area contributed by atoms with Crippen LogP contribution in [0.15, 0.2) is 53.0 Å². The van der Waals surface area contributed by atoms with Gasteiger partial charge in [-0.05, 0) is 30.8 Å². The van der Waals surface area contributed by atoms with Crippen LogP contribution in [0.5, 0.6) is 11.5 Å². The average Bonchev–Trinajstić information content (AvgIpc) is 2.50. The van der Waals surface area contributed by atoms with Gasteiger partial charge < -0.3 is 14.8 Å². The van der Waals surface area contributed by atoms with Crippen molar-refractivity contribution in [2.24, 2.45) is 0 Å². The molecule has 0 bridgehead atoms. The zero-order valence-electron chi connectivity index (χ0n) is 12.1. The Morgan fingerprint density at radius 2 is 1.81 bits per heavy atom. The summed E-state index contributed by atoms with van der Waals surface area (Å²) in [6.07, 6.45) is 0. The van der Waals surface area contributed by atoms with Crippen molar-refractivity contribution in [2.75, 3.05) is 19.8 Å². The van der Waals surface area contributed by atoms with Crippen molar-refractivity contribution < 1.29 is 9.47 Å². The van der Waals surface area contributed by atoms with Gasteiger partial charge >= 0.3 is 0 Å². The fraction of sp³-hybridized carbons (Fsp3) is 0.294. The lowest BCUT2D eigenvalue weighted by molar-refractivity contribution is 0.215. The van der Waals surface area contributed by atoms with E-state index in [0.29, 0.717) is 13.2 Å². The zero-order chi connectivity index (χ0) is 14.9. The molecule has 0 spiro atoms. The van der Waals surface area contributed by atoms with Crippen LogP contribution in [0.1, 0.15) is 12.5 Å². The number of hydrogen-bond donors (Lipinski definition) is 1. The molecular formula is C17H20BrNO2. The number of para-hydroxylation sites is 1. The summed E-state index contributed by atoms with van der Waals surface area (Å²) in [5, 5.41) is 3.31. The van der Waals surface area contributed by atoms with Gasteiger partial charge in [-0.2, -0.15) is 0 Å². The van der Waals surface area contributed by atoms with E-state index in [0.717, 1.165) is 29.1 Å². The minimum atomic E-state index is 0.520. The smallest absolute Gasteiger partial charge is 0.123 e. The van der Waals surface area contributed by atoms with Crippen molar-refractivity contribution in [3.63, 3.8) is 0 Å². The van der Waals surface area contributed by atoms with Gasteiger partial charge in [-0.3, -0.25) is 0 Å². The van der Waals surface area contributed by atoms with Crippen LogP contribution in [0.2, 0.25) is 0 Å². The lowest BCUT2D eigenvalue weighted by Crippen LogP contribution is -2.14. The second kappa shape index (κ2) is 8.70. The van der Waals surface area contributed by atoms with E-state index in [9.17, 15) is 0 Å². The van der Waals surface area contributed by atoms with Crippen LogP contribution >= 0.6 is 15.9 Å². The maximum atomic E-state index is 5.81. The highest BCUT2D eigenvalue weighted by Crippen LogP contribution is 2.19. The average molecular weight is 350 g/mol. The first-order valence-corrected chi connectivity index (χ1v) is 7.88. The summed E-state index contributed by atoms with van der Waals surface area (Å²) in [5.74, 6) is 1.75. The van der Waals surface area contributed by atoms with E-state index in [1.807, 2.05) is 42.5 Å². The lowest BCUT2D eigenvalue weighted by atomic mass is 10.2. The molecule has 3 nitrogen and oxygen atoms in total. The Morgan fingerprint density at radius 1 is 1.00 bits per heavy atom. The maximum absolute atomic E-state index is 5.81. The first-order valence-electron chi connectivity index (χ1n) is 7.09. The third kappa shape index (κ3) is 5.40. The third-order valence-corrected chi connectivity index (χ3v) is 3.44. The predicted octanol–water partition coefficient (Wildman–Crippen LogP) is 4.02. The van der Waals surface area contributed by atoms with Gasteiger partial charge in [0.05, 0.1) is 0 Å². The summed E-state index contributed by atoms with van der Waals surface area (Å²) in [5.41, 5.74) is 1.17. The van der Waals surface area contributed by atoms with Gasteiger partial charge in [-0.1, -0.05) is 47.1 Å². The highest BCUT2D eigenvalue weighted by Gasteiger charge is 2.02. The number of rotatable bonds is 8. The van der Waals surface area contributed by atoms with Gasteiger partial charge in [-0.25, -0.2) is 0 Å². The Hall–Kier alpha value is -1.52. The van der Waals surface area contributed by atoms with Crippen LogP contribution in [-0.2, 0) is 6.54 Å². The molecule has 0 heterocycles. The molecule has 0 radical (unpaired) electrons. The molecule has 0 aromatic heterocycles. The molecule has 0 saturated heterocycles. The van der Waals surface area contributed by atoms with Crippen molar-refractivity contribution in [2.45, 2.75) is 13.5 Å². The fourth-order valence-corrected chi connectivity index (χ4v) is 2.30. The molecule has 0 amide bonds. The molecule has 2 rings (SSSR count). The van der Waals surface area contributed by atoms with Crippen molar-refractivity contribution in [3.8, 4) is 11.5 Å². The third-order valence-electron chi connectivity index (χ3n) is 2.94. The Balaban J connectivity index is 1.80. The van der Waals surface area contributed by atoms with Gasteiger partial charge in [0.2, 0.25) is 0 Å². The number of halogens is 1. The van der Waals surface area contributed by atoms with Crippen molar-refractivity contribution in [3.05, 3.63) is 58.6 Å². The van der Waals surface area contributed by atoms with Crippen LogP contribution in [0, 0.1) is 0 Å². The van der Waals surface area contributed by atoms with Gasteiger partial charge in [0.25, 0.3) is 0 Å². The normalized spacial score (nSPS) is 10.4. The summed E-state index contributed by atoms with van der Waals surface area (Å²) in [4.78, 5) is 0. The molecule has 0 unspecified atom stereocenters. The number of benzene rings is 2. The van der Waals surface area contributed by atoms with E-state index in [4.69, 9.17) is 9.47 Å². The Labute approximate surface area is 134 Å². The lowest BCUT2D eigenvalue weighted by Gasteiger charge is -2.12. The molecule has 2 aromatic rings. The van der Waals surface area contributed by atoms with Crippen molar-refractivity contribution >= 4 is 15.9 Å². The van der Waals surface area contributed by atoms with Gasteiger partial charge in [-0.15, -0.1) is 0 Å². The Bertz CT molecular complexity index is 560. The zero-order valence-corrected chi connectivity index (χ0v) is 13.7. The highest BCUT2D eigenvalue weighted by atomic mass is 79.9. The quantitative estimate of drug-likeness (QED) is 0.730. The molecule has 0 atom stereocenters. The summed E-state index contributed by atoms with van der Waals surface area (Å²) >= 11 is 3.42. The first kappa shape index (κ1) is 15.9. The molecule has 0 aliphatic heterocycles. The monoisotopic (exact) mass is 349 g/mol.